The SMILES string of the molecule is CC(=O)NCCCNC(=O)Nc1ncc(Br)cc1C. The number of nitrogens with zero attached hydrogens (tertiary/aromatic N) is 1. The molecule has 104 valence electrons. The molecular weight excluding hydrogens is 312 g/mol. The number of halogens is 1. The van der Waals surface area contributed by atoms with Gasteiger partial charge in [-0.2, -0.15) is 0 Å². The van der Waals surface area contributed by atoms with Gasteiger partial charge in [-0.1, -0.05) is 0 Å². The van der Waals surface area contributed by atoms with Gasteiger partial charge in [0.05, 0.1) is 0 Å². The van der Waals surface area contributed by atoms with E-state index in [2.05, 4.69) is 36.9 Å². The van der Waals surface area contributed by atoms with E-state index in [0.717, 1.165) is 10.0 Å². The number of amides is 3. The zero-order valence-electron chi connectivity index (χ0n) is 10.9. The Kier molecular flexibility index (Phi) is 6.27. The number of hydrogen-bond acceptors (Lipinski definition) is 3. The molecule has 0 aliphatic carbocycles. The Labute approximate surface area is 120 Å². The molecule has 0 unspecified atom stereocenters. The lowest BCUT2D eigenvalue weighted by Gasteiger charge is -2.09. The van der Waals surface area contributed by atoms with Crippen LogP contribution in [0.4, 0.5) is 10.6 Å². The molecule has 0 saturated carbocycles. The molecule has 3 amide bonds. The number of pyridine rings is 1. The Morgan fingerprint density at radius 1 is 1.32 bits per heavy atom. The van der Waals surface area contributed by atoms with Crippen molar-refractivity contribution in [3.8, 4) is 0 Å². The second kappa shape index (κ2) is 7.73. The molecule has 19 heavy (non-hydrogen) atoms. The first kappa shape index (κ1) is 15.4. The number of anilines is 1. The number of nitrogens with one attached hydrogen (secondary N) is 3. The fourth-order valence-corrected chi connectivity index (χ4v) is 1.82. The molecule has 1 aromatic rings. The number of hydrogen-bond donors (Lipinski definition) is 3. The van der Waals surface area contributed by atoms with Crippen molar-refractivity contribution in [1.29, 1.82) is 0 Å². The summed E-state index contributed by atoms with van der Waals surface area (Å²) in [6.07, 6.45) is 2.30. The van der Waals surface area contributed by atoms with Gasteiger partial charge in [0.2, 0.25) is 5.91 Å². The predicted octanol–water partition coefficient (Wildman–Crippen LogP) is 1.80. The van der Waals surface area contributed by atoms with Crippen molar-refractivity contribution < 1.29 is 9.59 Å². The zero-order chi connectivity index (χ0) is 14.3. The van der Waals surface area contributed by atoms with Crippen LogP contribution in [0.2, 0.25) is 0 Å². The Morgan fingerprint density at radius 3 is 2.63 bits per heavy atom. The summed E-state index contributed by atoms with van der Waals surface area (Å²) in [5.41, 5.74) is 0.878. The molecule has 0 spiro atoms. The lowest BCUT2D eigenvalue weighted by molar-refractivity contribution is -0.118. The zero-order valence-corrected chi connectivity index (χ0v) is 12.5. The highest BCUT2D eigenvalue weighted by Crippen LogP contribution is 2.16. The third kappa shape index (κ3) is 6.19. The van der Waals surface area contributed by atoms with Crippen LogP contribution in [0.25, 0.3) is 0 Å². The Morgan fingerprint density at radius 2 is 2.00 bits per heavy atom. The van der Waals surface area contributed by atoms with E-state index in [9.17, 15) is 9.59 Å². The lowest BCUT2D eigenvalue weighted by Crippen LogP contribution is -2.32. The molecule has 6 nitrogen and oxygen atoms in total. The number of rotatable bonds is 5. The van der Waals surface area contributed by atoms with E-state index >= 15 is 0 Å². The third-order valence-electron chi connectivity index (χ3n) is 2.29. The number of aryl methyl sites for hydroxylation is 1. The van der Waals surface area contributed by atoms with E-state index in [1.54, 1.807) is 6.20 Å². The van der Waals surface area contributed by atoms with Gasteiger partial charge in [0.15, 0.2) is 0 Å². The predicted molar refractivity (Wildman–Crippen MR) is 77.0 cm³/mol. The molecule has 1 aromatic heterocycles. The first-order valence-corrected chi connectivity index (χ1v) is 6.70. The standard InChI is InChI=1S/C12H17BrN4O2/c1-8-6-10(13)7-16-11(8)17-12(19)15-5-3-4-14-9(2)18/h6-7H,3-5H2,1-2H3,(H,14,18)(H2,15,16,17,19). The molecule has 0 saturated heterocycles. The van der Waals surface area contributed by atoms with Crippen LogP contribution in [0.5, 0.6) is 0 Å². The molecular formula is C12H17BrN4O2. The summed E-state index contributed by atoms with van der Waals surface area (Å²) in [5.74, 6) is 0.460. The van der Waals surface area contributed by atoms with E-state index in [0.29, 0.717) is 25.3 Å². The molecule has 3 N–H and O–H groups in total. The number of carbonyl (C=O) groups is 2. The van der Waals surface area contributed by atoms with Gasteiger partial charge in [-0.25, -0.2) is 9.78 Å². The van der Waals surface area contributed by atoms with Crippen LogP contribution in [0.3, 0.4) is 0 Å². The van der Waals surface area contributed by atoms with Gasteiger partial charge in [-0.15, -0.1) is 0 Å². The summed E-state index contributed by atoms with van der Waals surface area (Å²) in [6, 6.07) is 1.57. The van der Waals surface area contributed by atoms with E-state index in [-0.39, 0.29) is 11.9 Å². The molecule has 1 rings (SSSR count). The second-order valence-electron chi connectivity index (χ2n) is 4.04. The van der Waals surface area contributed by atoms with Crippen molar-refractivity contribution in [1.82, 2.24) is 15.6 Å². The second-order valence-corrected chi connectivity index (χ2v) is 4.95. The highest BCUT2D eigenvalue weighted by Gasteiger charge is 2.05. The maximum absolute atomic E-state index is 11.6. The van der Waals surface area contributed by atoms with Gasteiger partial charge in [0.1, 0.15) is 5.82 Å². The van der Waals surface area contributed by atoms with E-state index < -0.39 is 0 Å². The van der Waals surface area contributed by atoms with Crippen molar-refractivity contribution in [3.63, 3.8) is 0 Å². The minimum Gasteiger partial charge on any atom is -0.356 e. The lowest BCUT2D eigenvalue weighted by atomic mass is 10.3. The van der Waals surface area contributed by atoms with Gasteiger partial charge in [-0.05, 0) is 40.9 Å². The minimum atomic E-state index is -0.305. The number of aromatic nitrogens is 1. The van der Waals surface area contributed by atoms with Gasteiger partial charge < -0.3 is 10.6 Å². The Balaban J connectivity index is 2.29. The molecule has 0 radical (unpaired) electrons. The molecule has 0 aromatic carbocycles. The molecule has 0 atom stereocenters. The van der Waals surface area contributed by atoms with Crippen molar-refractivity contribution in [2.45, 2.75) is 20.3 Å². The van der Waals surface area contributed by atoms with Gasteiger partial charge in [-0.3, -0.25) is 10.1 Å². The summed E-state index contributed by atoms with van der Waals surface area (Å²) >= 11 is 3.31. The summed E-state index contributed by atoms with van der Waals surface area (Å²) in [6.45, 7) is 4.36. The average molecular weight is 329 g/mol. The van der Waals surface area contributed by atoms with Crippen LogP contribution < -0.4 is 16.0 Å². The Hall–Kier alpha value is -1.63. The minimum absolute atomic E-state index is 0.0702. The van der Waals surface area contributed by atoms with Gasteiger partial charge >= 0.3 is 6.03 Å². The maximum atomic E-state index is 11.6. The number of carbonyl (C=O) groups excluding carboxylic acids is 2. The average Bonchev–Trinajstić information content (AvgIpc) is 2.32. The van der Waals surface area contributed by atoms with Crippen molar-refractivity contribution in [2.24, 2.45) is 0 Å². The van der Waals surface area contributed by atoms with E-state index in [1.807, 2.05) is 13.0 Å². The van der Waals surface area contributed by atoms with Gasteiger partial charge in [0, 0.05) is 30.7 Å². The third-order valence-corrected chi connectivity index (χ3v) is 2.72. The first-order valence-electron chi connectivity index (χ1n) is 5.90. The number of urea groups is 1. The summed E-state index contributed by atoms with van der Waals surface area (Å²) < 4.78 is 0.867. The van der Waals surface area contributed by atoms with Crippen LogP contribution in [-0.2, 0) is 4.79 Å². The molecule has 1 heterocycles. The van der Waals surface area contributed by atoms with Crippen molar-refractivity contribution in [2.75, 3.05) is 18.4 Å². The van der Waals surface area contributed by atoms with Crippen LogP contribution in [0, 0.1) is 6.92 Å². The fourth-order valence-electron chi connectivity index (χ4n) is 1.38. The molecule has 7 heteroatoms. The summed E-state index contributed by atoms with van der Waals surface area (Å²) in [7, 11) is 0. The molecule has 0 fully saturated rings. The van der Waals surface area contributed by atoms with Crippen LogP contribution in [0.1, 0.15) is 18.9 Å². The molecule has 0 aliphatic heterocycles. The maximum Gasteiger partial charge on any atom is 0.320 e. The van der Waals surface area contributed by atoms with Gasteiger partial charge in [0.25, 0.3) is 0 Å². The topological polar surface area (TPSA) is 83.1 Å². The van der Waals surface area contributed by atoms with Crippen LogP contribution >= 0.6 is 15.9 Å². The Bertz CT molecular complexity index is 465. The van der Waals surface area contributed by atoms with Crippen molar-refractivity contribution in [3.05, 3.63) is 22.3 Å². The monoisotopic (exact) mass is 328 g/mol. The van der Waals surface area contributed by atoms with E-state index in [4.69, 9.17) is 0 Å². The first-order chi connectivity index (χ1) is 8.99. The molecule has 0 bridgehead atoms. The van der Waals surface area contributed by atoms with E-state index in [1.165, 1.54) is 6.92 Å². The van der Waals surface area contributed by atoms with Crippen LogP contribution in [0.15, 0.2) is 16.7 Å². The normalized spacial score (nSPS) is 9.84. The highest BCUT2D eigenvalue weighted by molar-refractivity contribution is 9.10. The quantitative estimate of drug-likeness (QED) is 0.721. The smallest absolute Gasteiger partial charge is 0.320 e. The highest BCUT2D eigenvalue weighted by atomic mass is 79.9. The van der Waals surface area contributed by atoms with Crippen LogP contribution in [-0.4, -0.2) is 30.0 Å². The fraction of sp³-hybridized carbons (Fsp3) is 0.417. The summed E-state index contributed by atoms with van der Waals surface area (Å²) in [4.78, 5) is 26.3. The largest absolute Gasteiger partial charge is 0.356 e. The molecule has 0 aliphatic rings. The summed E-state index contributed by atoms with van der Waals surface area (Å²) in [5, 5.41) is 8.02. The van der Waals surface area contributed by atoms with Crippen molar-refractivity contribution >= 4 is 33.7 Å².